The maximum Gasteiger partial charge on any atom is 0.269 e. The first kappa shape index (κ1) is 11.6. The van der Waals surface area contributed by atoms with E-state index in [9.17, 15) is 15.2 Å². The van der Waals surface area contributed by atoms with Crippen molar-refractivity contribution in [3.63, 3.8) is 0 Å². The highest BCUT2D eigenvalue weighted by Crippen LogP contribution is 2.26. The van der Waals surface area contributed by atoms with Crippen LogP contribution in [0, 0.1) is 10.1 Å². The molecule has 5 heteroatoms. The van der Waals surface area contributed by atoms with E-state index < -0.39 is 4.92 Å². The highest BCUT2D eigenvalue weighted by molar-refractivity contribution is 5.58. The van der Waals surface area contributed by atoms with Crippen LogP contribution >= 0.6 is 0 Å². The van der Waals surface area contributed by atoms with Crippen molar-refractivity contribution in [2.24, 2.45) is 0 Å². The Morgan fingerprint density at radius 1 is 1.41 bits per heavy atom. The fourth-order valence-electron chi connectivity index (χ4n) is 1.98. The minimum atomic E-state index is -0.445. The van der Waals surface area contributed by atoms with Crippen molar-refractivity contribution in [3.8, 4) is 0 Å². The van der Waals surface area contributed by atoms with Gasteiger partial charge in [-0.3, -0.25) is 10.1 Å². The van der Waals surface area contributed by atoms with Crippen molar-refractivity contribution in [3.05, 3.63) is 46.0 Å². The summed E-state index contributed by atoms with van der Waals surface area (Å²) in [4.78, 5) is 12.3. The van der Waals surface area contributed by atoms with Gasteiger partial charge >= 0.3 is 0 Å². The summed E-state index contributed by atoms with van der Waals surface area (Å²) >= 11 is 0. The standard InChI is InChI=1S/C12H14N2O3/c15-9-10-8-11(14(16)17)4-5-12(10)13-6-2-1-3-7-13/h1-2,4-5,8,15H,3,6-7,9H2. The number of hydrogen-bond donors (Lipinski definition) is 1. The number of nitro benzene ring substituents is 1. The molecule has 1 N–H and O–H groups in total. The number of hydrogen-bond acceptors (Lipinski definition) is 4. The van der Waals surface area contributed by atoms with Crippen LogP contribution in [0.25, 0.3) is 0 Å². The van der Waals surface area contributed by atoms with Crippen LogP contribution in [0.15, 0.2) is 30.4 Å². The Kier molecular flexibility index (Phi) is 3.39. The molecule has 0 unspecified atom stereocenters. The van der Waals surface area contributed by atoms with Crippen molar-refractivity contribution < 1.29 is 10.0 Å². The number of aliphatic hydroxyl groups excluding tert-OH is 1. The van der Waals surface area contributed by atoms with Gasteiger partial charge in [0.05, 0.1) is 11.5 Å². The molecule has 0 saturated heterocycles. The first-order valence-electron chi connectivity index (χ1n) is 5.50. The summed E-state index contributed by atoms with van der Waals surface area (Å²) in [6, 6.07) is 4.63. The number of rotatable bonds is 3. The van der Waals surface area contributed by atoms with E-state index in [1.54, 1.807) is 6.07 Å². The van der Waals surface area contributed by atoms with E-state index >= 15 is 0 Å². The summed E-state index contributed by atoms with van der Waals surface area (Å²) in [5.41, 5.74) is 1.50. The zero-order valence-corrected chi connectivity index (χ0v) is 9.37. The van der Waals surface area contributed by atoms with Gasteiger partial charge in [-0.1, -0.05) is 12.2 Å². The average molecular weight is 234 g/mol. The number of non-ortho nitro benzene ring substituents is 1. The summed E-state index contributed by atoms with van der Waals surface area (Å²) in [7, 11) is 0. The van der Waals surface area contributed by atoms with Gasteiger partial charge in [-0.05, 0) is 12.5 Å². The van der Waals surface area contributed by atoms with E-state index in [0.717, 1.165) is 25.2 Å². The van der Waals surface area contributed by atoms with Gasteiger partial charge in [-0.15, -0.1) is 0 Å². The quantitative estimate of drug-likeness (QED) is 0.492. The fraction of sp³-hybridized carbons (Fsp3) is 0.333. The number of nitrogens with zero attached hydrogens (tertiary/aromatic N) is 2. The zero-order chi connectivity index (χ0) is 12.3. The van der Waals surface area contributed by atoms with E-state index in [1.165, 1.54) is 12.1 Å². The number of benzene rings is 1. The monoisotopic (exact) mass is 234 g/mol. The fourth-order valence-corrected chi connectivity index (χ4v) is 1.98. The van der Waals surface area contributed by atoms with Crippen LogP contribution < -0.4 is 4.90 Å². The molecule has 1 aliphatic rings. The molecule has 0 fully saturated rings. The summed E-state index contributed by atoms with van der Waals surface area (Å²) in [5, 5.41) is 19.9. The third-order valence-electron chi connectivity index (χ3n) is 2.84. The van der Waals surface area contributed by atoms with Gasteiger partial charge in [0.1, 0.15) is 0 Å². The number of anilines is 1. The van der Waals surface area contributed by atoms with Crippen LogP contribution in [0.1, 0.15) is 12.0 Å². The van der Waals surface area contributed by atoms with E-state index in [0.29, 0.717) is 5.56 Å². The van der Waals surface area contributed by atoms with Crippen molar-refractivity contribution in [1.29, 1.82) is 0 Å². The second-order valence-corrected chi connectivity index (χ2v) is 3.93. The Morgan fingerprint density at radius 2 is 2.24 bits per heavy atom. The number of nitro groups is 1. The SMILES string of the molecule is O=[N+]([O-])c1ccc(N2CC=CCC2)c(CO)c1. The van der Waals surface area contributed by atoms with Crippen LogP contribution in [0.5, 0.6) is 0 Å². The minimum Gasteiger partial charge on any atom is -0.392 e. The predicted molar refractivity (Wildman–Crippen MR) is 65.0 cm³/mol. The summed E-state index contributed by atoms with van der Waals surface area (Å²) in [6.07, 6.45) is 5.13. The van der Waals surface area contributed by atoms with Crippen molar-refractivity contribution in [2.45, 2.75) is 13.0 Å². The smallest absolute Gasteiger partial charge is 0.269 e. The van der Waals surface area contributed by atoms with Crippen molar-refractivity contribution >= 4 is 11.4 Å². The van der Waals surface area contributed by atoms with Gasteiger partial charge in [-0.2, -0.15) is 0 Å². The Hall–Kier alpha value is -1.88. The second-order valence-electron chi connectivity index (χ2n) is 3.93. The molecule has 90 valence electrons. The Bertz CT molecular complexity index is 457. The Labute approximate surface area is 99.1 Å². The van der Waals surface area contributed by atoms with Crippen LogP contribution in [0.4, 0.5) is 11.4 Å². The summed E-state index contributed by atoms with van der Waals surface area (Å²) < 4.78 is 0. The molecule has 1 heterocycles. The lowest BCUT2D eigenvalue weighted by atomic mass is 10.1. The molecule has 5 nitrogen and oxygen atoms in total. The third-order valence-corrected chi connectivity index (χ3v) is 2.84. The van der Waals surface area contributed by atoms with Crippen molar-refractivity contribution in [2.75, 3.05) is 18.0 Å². The van der Waals surface area contributed by atoms with E-state index in [-0.39, 0.29) is 12.3 Å². The highest BCUT2D eigenvalue weighted by atomic mass is 16.6. The molecule has 0 bridgehead atoms. The predicted octanol–water partition coefficient (Wildman–Crippen LogP) is 1.85. The molecular formula is C12H14N2O3. The second kappa shape index (κ2) is 4.97. The molecule has 0 radical (unpaired) electrons. The molecule has 1 aromatic rings. The van der Waals surface area contributed by atoms with Crippen molar-refractivity contribution in [1.82, 2.24) is 0 Å². The molecule has 1 aliphatic heterocycles. The first-order chi connectivity index (χ1) is 8.22. The van der Waals surface area contributed by atoms with Gasteiger partial charge in [0.2, 0.25) is 0 Å². The third kappa shape index (κ3) is 2.45. The van der Waals surface area contributed by atoms with E-state index in [2.05, 4.69) is 17.1 Å². The molecule has 0 spiro atoms. The van der Waals surface area contributed by atoms with Crippen LogP contribution in [0.3, 0.4) is 0 Å². The minimum absolute atomic E-state index is 0.0188. The van der Waals surface area contributed by atoms with Crippen LogP contribution in [0.2, 0.25) is 0 Å². The molecule has 2 rings (SSSR count). The molecule has 0 saturated carbocycles. The maximum absolute atomic E-state index is 10.7. The van der Waals surface area contributed by atoms with Gasteiger partial charge < -0.3 is 10.0 Å². The van der Waals surface area contributed by atoms with E-state index in [1.807, 2.05) is 0 Å². The normalized spacial score (nSPS) is 15.0. The summed E-state index contributed by atoms with van der Waals surface area (Å²) in [6.45, 7) is 1.48. The lowest BCUT2D eigenvalue weighted by Gasteiger charge is -2.27. The molecule has 1 aromatic carbocycles. The molecule has 0 atom stereocenters. The van der Waals surface area contributed by atoms with Gasteiger partial charge in [-0.25, -0.2) is 0 Å². The lowest BCUT2D eigenvalue weighted by molar-refractivity contribution is -0.384. The largest absolute Gasteiger partial charge is 0.392 e. The molecule has 17 heavy (non-hydrogen) atoms. The topological polar surface area (TPSA) is 66.6 Å². The van der Waals surface area contributed by atoms with Gasteiger partial charge in [0, 0.05) is 36.5 Å². The Morgan fingerprint density at radius 3 is 2.82 bits per heavy atom. The average Bonchev–Trinajstić information content (AvgIpc) is 2.39. The molecule has 0 aromatic heterocycles. The molecule has 0 aliphatic carbocycles. The van der Waals surface area contributed by atoms with Crippen LogP contribution in [-0.4, -0.2) is 23.1 Å². The lowest BCUT2D eigenvalue weighted by Crippen LogP contribution is -2.27. The van der Waals surface area contributed by atoms with Gasteiger partial charge in [0.15, 0.2) is 0 Å². The maximum atomic E-state index is 10.7. The Balaban J connectivity index is 2.33. The zero-order valence-electron chi connectivity index (χ0n) is 9.37. The molecule has 0 amide bonds. The summed E-state index contributed by atoms with van der Waals surface area (Å²) in [5.74, 6) is 0. The van der Waals surface area contributed by atoms with Crippen LogP contribution in [-0.2, 0) is 6.61 Å². The number of aliphatic hydroxyl groups is 1. The van der Waals surface area contributed by atoms with Gasteiger partial charge in [0.25, 0.3) is 5.69 Å². The van der Waals surface area contributed by atoms with E-state index in [4.69, 9.17) is 0 Å². The molecular weight excluding hydrogens is 220 g/mol. The highest BCUT2D eigenvalue weighted by Gasteiger charge is 2.15. The first-order valence-corrected chi connectivity index (χ1v) is 5.50.